The summed E-state index contributed by atoms with van der Waals surface area (Å²) in [7, 11) is 0. The maximum atomic E-state index is 10.1. The van der Waals surface area contributed by atoms with Crippen LogP contribution in [0.15, 0.2) is 0 Å². The molecule has 1 heterocycles. The molecule has 88 valence electrons. The molecule has 0 bridgehead atoms. The van der Waals surface area contributed by atoms with Crippen molar-refractivity contribution in [3.05, 3.63) is 0 Å². The van der Waals surface area contributed by atoms with E-state index in [1.165, 1.54) is 0 Å². The molecular weight excluding hydrogens is 192 g/mol. The number of hydrogen-bond acceptors (Lipinski definition) is 3. The first-order valence-corrected chi connectivity index (χ1v) is 5.93. The Bertz CT molecular complexity index is 221. The molecule has 0 unspecified atom stereocenters. The van der Waals surface area contributed by atoms with E-state index >= 15 is 0 Å². The highest BCUT2D eigenvalue weighted by atomic mass is 16.7. The normalized spacial score (nSPS) is 41.2. The van der Waals surface area contributed by atoms with E-state index in [0.717, 1.165) is 26.1 Å². The number of aliphatic hydroxyl groups excluding tert-OH is 1. The molecule has 1 saturated carbocycles. The summed E-state index contributed by atoms with van der Waals surface area (Å²) in [5.74, 6) is 0.900. The molecular formula is C12H22O3. The minimum atomic E-state index is -0.191. The van der Waals surface area contributed by atoms with Crippen molar-refractivity contribution in [3.8, 4) is 0 Å². The van der Waals surface area contributed by atoms with Crippen molar-refractivity contribution in [1.82, 2.24) is 0 Å². The van der Waals surface area contributed by atoms with Gasteiger partial charge in [-0.25, -0.2) is 0 Å². The quantitative estimate of drug-likeness (QED) is 0.761. The fourth-order valence-electron chi connectivity index (χ4n) is 3.03. The van der Waals surface area contributed by atoms with Gasteiger partial charge in [-0.2, -0.15) is 0 Å². The average molecular weight is 214 g/mol. The third-order valence-corrected chi connectivity index (χ3v) is 4.18. The third-order valence-electron chi connectivity index (χ3n) is 4.18. The molecule has 1 aliphatic heterocycles. The van der Waals surface area contributed by atoms with Crippen LogP contribution in [0.4, 0.5) is 0 Å². The summed E-state index contributed by atoms with van der Waals surface area (Å²) in [6, 6.07) is 0. The van der Waals surface area contributed by atoms with E-state index in [0.29, 0.717) is 11.8 Å². The van der Waals surface area contributed by atoms with Crippen LogP contribution in [0, 0.1) is 17.3 Å². The molecule has 2 fully saturated rings. The zero-order valence-electron chi connectivity index (χ0n) is 9.90. The van der Waals surface area contributed by atoms with Crippen LogP contribution in [0.25, 0.3) is 0 Å². The molecule has 1 N–H and O–H groups in total. The van der Waals surface area contributed by atoms with E-state index < -0.39 is 0 Å². The smallest absolute Gasteiger partial charge is 0.158 e. The fourth-order valence-corrected chi connectivity index (χ4v) is 3.03. The summed E-state index contributed by atoms with van der Waals surface area (Å²) in [4.78, 5) is 0. The second-order valence-corrected chi connectivity index (χ2v) is 5.58. The maximum absolute atomic E-state index is 10.1. The molecule has 0 spiro atoms. The lowest BCUT2D eigenvalue weighted by molar-refractivity contribution is -0.0712. The first-order chi connectivity index (χ1) is 7.01. The summed E-state index contributed by atoms with van der Waals surface area (Å²) in [6.45, 7) is 7.87. The number of hydrogen-bond donors (Lipinski definition) is 1. The standard InChI is InChI=1S/C12H22O3/c1-8-6-9(12(2,3)11(8)13)7-10-14-4-5-15-10/h8-11,13H,4-7H2,1-3H3/t8-,9-,11+/m1/s1. The predicted molar refractivity (Wildman–Crippen MR) is 57.4 cm³/mol. The number of ether oxygens (including phenoxy) is 2. The Kier molecular flexibility index (Phi) is 3.06. The van der Waals surface area contributed by atoms with E-state index in [-0.39, 0.29) is 17.8 Å². The summed E-state index contributed by atoms with van der Waals surface area (Å²) >= 11 is 0. The minimum Gasteiger partial charge on any atom is -0.392 e. The van der Waals surface area contributed by atoms with Gasteiger partial charge in [-0.1, -0.05) is 20.8 Å². The van der Waals surface area contributed by atoms with Gasteiger partial charge >= 0.3 is 0 Å². The van der Waals surface area contributed by atoms with Gasteiger partial charge in [0, 0.05) is 6.42 Å². The Morgan fingerprint density at radius 2 is 1.87 bits per heavy atom. The molecule has 0 amide bonds. The molecule has 0 aromatic heterocycles. The lowest BCUT2D eigenvalue weighted by atomic mass is 9.78. The van der Waals surface area contributed by atoms with E-state index in [4.69, 9.17) is 9.47 Å². The molecule has 2 aliphatic rings. The average Bonchev–Trinajstić information content (AvgIpc) is 2.73. The second-order valence-electron chi connectivity index (χ2n) is 5.58. The van der Waals surface area contributed by atoms with Gasteiger partial charge in [0.05, 0.1) is 19.3 Å². The van der Waals surface area contributed by atoms with Crippen molar-refractivity contribution in [3.63, 3.8) is 0 Å². The van der Waals surface area contributed by atoms with Crippen molar-refractivity contribution in [1.29, 1.82) is 0 Å². The van der Waals surface area contributed by atoms with Crippen molar-refractivity contribution in [2.24, 2.45) is 17.3 Å². The lowest BCUT2D eigenvalue weighted by Crippen LogP contribution is -2.32. The predicted octanol–water partition coefficient (Wildman–Crippen LogP) is 1.79. The van der Waals surface area contributed by atoms with Gasteiger partial charge in [-0.3, -0.25) is 0 Å². The monoisotopic (exact) mass is 214 g/mol. The summed E-state index contributed by atoms with van der Waals surface area (Å²) < 4.78 is 10.9. The van der Waals surface area contributed by atoms with Crippen LogP contribution >= 0.6 is 0 Å². The zero-order valence-corrected chi connectivity index (χ0v) is 9.90. The second kappa shape index (κ2) is 4.04. The van der Waals surface area contributed by atoms with E-state index in [9.17, 15) is 5.11 Å². The van der Waals surface area contributed by atoms with Crippen LogP contribution in [-0.4, -0.2) is 30.7 Å². The Balaban J connectivity index is 1.97. The van der Waals surface area contributed by atoms with Crippen LogP contribution in [-0.2, 0) is 9.47 Å². The van der Waals surface area contributed by atoms with Crippen LogP contribution in [0.3, 0.4) is 0 Å². The Morgan fingerprint density at radius 1 is 1.27 bits per heavy atom. The minimum absolute atomic E-state index is 0.00523. The van der Waals surface area contributed by atoms with E-state index in [2.05, 4.69) is 20.8 Å². The highest BCUT2D eigenvalue weighted by Crippen LogP contribution is 2.48. The Morgan fingerprint density at radius 3 is 2.33 bits per heavy atom. The maximum Gasteiger partial charge on any atom is 0.158 e. The first-order valence-electron chi connectivity index (χ1n) is 5.93. The van der Waals surface area contributed by atoms with Crippen molar-refractivity contribution in [2.45, 2.75) is 46.0 Å². The summed E-state index contributed by atoms with van der Waals surface area (Å²) in [6.07, 6.45) is 1.78. The third kappa shape index (κ3) is 2.05. The number of rotatable bonds is 2. The van der Waals surface area contributed by atoms with Gasteiger partial charge in [-0.15, -0.1) is 0 Å². The molecule has 0 aromatic rings. The summed E-state index contributed by atoms with van der Waals surface area (Å²) in [5.41, 5.74) is -0.00523. The molecule has 3 atom stereocenters. The highest BCUT2D eigenvalue weighted by Gasteiger charge is 2.47. The molecule has 3 nitrogen and oxygen atoms in total. The summed E-state index contributed by atoms with van der Waals surface area (Å²) in [5, 5.41) is 10.1. The lowest BCUT2D eigenvalue weighted by Gasteiger charge is -2.31. The van der Waals surface area contributed by atoms with E-state index in [1.54, 1.807) is 0 Å². The van der Waals surface area contributed by atoms with Crippen LogP contribution in [0.1, 0.15) is 33.6 Å². The van der Waals surface area contributed by atoms with Gasteiger partial charge in [0.2, 0.25) is 0 Å². The van der Waals surface area contributed by atoms with E-state index in [1.807, 2.05) is 0 Å². The largest absolute Gasteiger partial charge is 0.392 e. The van der Waals surface area contributed by atoms with Gasteiger partial charge in [0.15, 0.2) is 6.29 Å². The molecule has 3 heteroatoms. The zero-order chi connectivity index (χ0) is 11.1. The van der Waals surface area contributed by atoms with Crippen molar-refractivity contribution >= 4 is 0 Å². The molecule has 1 saturated heterocycles. The van der Waals surface area contributed by atoms with Gasteiger partial charge in [0.25, 0.3) is 0 Å². The first kappa shape index (κ1) is 11.4. The molecule has 0 radical (unpaired) electrons. The highest BCUT2D eigenvalue weighted by molar-refractivity contribution is 4.96. The topological polar surface area (TPSA) is 38.7 Å². The molecule has 0 aromatic carbocycles. The fraction of sp³-hybridized carbons (Fsp3) is 1.00. The molecule has 1 aliphatic carbocycles. The van der Waals surface area contributed by atoms with Gasteiger partial charge in [-0.05, 0) is 23.7 Å². The SMILES string of the molecule is C[C@@H]1C[C@H](CC2OCCO2)C(C)(C)[C@H]1O. The molecule has 2 rings (SSSR count). The van der Waals surface area contributed by atoms with Gasteiger partial charge < -0.3 is 14.6 Å². The van der Waals surface area contributed by atoms with Gasteiger partial charge in [0.1, 0.15) is 0 Å². The van der Waals surface area contributed by atoms with Crippen LogP contribution in [0.5, 0.6) is 0 Å². The van der Waals surface area contributed by atoms with Crippen molar-refractivity contribution < 1.29 is 14.6 Å². The van der Waals surface area contributed by atoms with Crippen molar-refractivity contribution in [2.75, 3.05) is 13.2 Å². The van der Waals surface area contributed by atoms with Crippen LogP contribution in [0.2, 0.25) is 0 Å². The number of aliphatic hydroxyl groups is 1. The molecule has 15 heavy (non-hydrogen) atoms. The Labute approximate surface area is 91.8 Å². The van der Waals surface area contributed by atoms with Crippen LogP contribution < -0.4 is 0 Å². The Hall–Kier alpha value is -0.120.